The van der Waals surface area contributed by atoms with Crippen LogP contribution < -0.4 is 10.6 Å². The summed E-state index contributed by atoms with van der Waals surface area (Å²) in [7, 11) is 1.81. The second kappa shape index (κ2) is 4.53. The van der Waals surface area contributed by atoms with E-state index in [1.807, 2.05) is 7.05 Å². The Bertz CT molecular complexity index is 437. The number of thiocarbonyl (C=S) groups is 1. The Morgan fingerprint density at radius 3 is 2.88 bits per heavy atom. The van der Waals surface area contributed by atoms with Gasteiger partial charge in [-0.2, -0.15) is 0 Å². The second-order valence-electron chi connectivity index (χ2n) is 5.48. The van der Waals surface area contributed by atoms with Gasteiger partial charge in [0.25, 0.3) is 0 Å². The smallest absolute Gasteiger partial charge is 0.189 e. The monoisotopic (exact) mass is 269 g/mol. The molecule has 1 atom stereocenters. The van der Waals surface area contributed by atoms with Gasteiger partial charge in [0.1, 0.15) is 0 Å². The fraction of sp³-hybridized carbons (Fsp3) is 0.667. The highest BCUT2D eigenvalue weighted by Gasteiger charge is 2.32. The van der Waals surface area contributed by atoms with Gasteiger partial charge in [0, 0.05) is 11.9 Å². The van der Waals surface area contributed by atoms with Gasteiger partial charge in [-0.1, -0.05) is 20.8 Å². The summed E-state index contributed by atoms with van der Waals surface area (Å²) < 4.78 is 0. The molecule has 0 fully saturated rings. The van der Waals surface area contributed by atoms with Crippen LogP contribution in [-0.4, -0.2) is 17.1 Å². The maximum atomic E-state index is 5.10. The zero-order valence-corrected chi connectivity index (χ0v) is 12.4. The number of aromatic nitrogens is 1. The molecule has 0 aromatic carbocycles. The molecule has 0 amide bonds. The van der Waals surface area contributed by atoms with Gasteiger partial charge < -0.3 is 10.6 Å². The molecule has 1 aliphatic rings. The van der Waals surface area contributed by atoms with Crippen LogP contribution >= 0.6 is 23.6 Å². The second-order valence-corrected chi connectivity index (χ2v) is 6.92. The SMILES string of the molecule is CNC(=S)Nc1nc2c(s1)C(C)CC(C)(C)C2. The molecule has 1 unspecified atom stereocenters. The number of hydrogen-bond acceptors (Lipinski definition) is 3. The average molecular weight is 269 g/mol. The van der Waals surface area contributed by atoms with Gasteiger partial charge in [-0.05, 0) is 36.4 Å². The molecule has 1 aromatic rings. The van der Waals surface area contributed by atoms with Gasteiger partial charge in [-0.15, -0.1) is 11.3 Å². The molecular formula is C12H19N3S2. The first-order valence-electron chi connectivity index (χ1n) is 5.89. The molecule has 0 radical (unpaired) electrons. The highest BCUT2D eigenvalue weighted by atomic mass is 32.1. The summed E-state index contributed by atoms with van der Waals surface area (Å²) in [6.45, 7) is 6.92. The van der Waals surface area contributed by atoms with E-state index < -0.39 is 0 Å². The first kappa shape index (κ1) is 12.8. The highest BCUT2D eigenvalue weighted by molar-refractivity contribution is 7.80. The van der Waals surface area contributed by atoms with Crippen LogP contribution in [0.4, 0.5) is 5.13 Å². The Kier molecular flexibility index (Phi) is 3.41. The zero-order valence-electron chi connectivity index (χ0n) is 10.8. The van der Waals surface area contributed by atoms with Crippen molar-refractivity contribution in [3.63, 3.8) is 0 Å². The molecule has 17 heavy (non-hydrogen) atoms. The van der Waals surface area contributed by atoms with Crippen molar-refractivity contribution in [3.05, 3.63) is 10.6 Å². The molecule has 3 nitrogen and oxygen atoms in total. The van der Waals surface area contributed by atoms with E-state index >= 15 is 0 Å². The van der Waals surface area contributed by atoms with Crippen molar-refractivity contribution in [2.75, 3.05) is 12.4 Å². The first-order valence-corrected chi connectivity index (χ1v) is 7.12. The topological polar surface area (TPSA) is 37.0 Å². The molecular weight excluding hydrogens is 250 g/mol. The summed E-state index contributed by atoms with van der Waals surface area (Å²) in [4.78, 5) is 6.09. The third-order valence-electron chi connectivity index (χ3n) is 3.13. The van der Waals surface area contributed by atoms with Crippen molar-refractivity contribution < 1.29 is 0 Å². The van der Waals surface area contributed by atoms with Crippen molar-refractivity contribution in [1.29, 1.82) is 0 Å². The molecule has 0 spiro atoms. The van der Waals surface area contributed by atoms with E-state index in [9.17, 15) is 0 Å². The molecule has 94 valence electrons. The molecule has 2 N–H and O–H groups in total. The average Bonchev–Trinajstić information content (AvgIpc) is 2.58. The maximum absolute atomic E-state index is 5.10. The first-order chi connectivity index (χ1) is 7.91. The van der Waals surface area contributed by atoms with Gasteiger partial charge in [0.15, 0.2) is 10.2 Å². The summed E-state index contributed by atoms with van der Waals surface area (Å²) in [5.74, 6) is 0.602. The predicted octanol–water partition coefficient (Wildman–Crippen LogP) is 3.14. The minimum absolute atomic E-state index is 0.362. The highest BCUT2D eigenvalue weighted by Crippen LogP contribution is 2.44. The Morgan fingerprint density at radius 1 is 1.53 bits per heavy atom. The van der Waals surface area contributed by atoms with Crippen molar-refractivity contribution in [3.8, 4) is 0 Å². The van der Waals surface area contributed by atoms with Crippen LogP contribution in [0.1, 0.15) is 43.7 Å². The number of fused-ring (bicyclic) bond motifs is 1. The Morgan fingerprint density at radius 2 is 2.24 bits per heavy atom. The normalized spacial score (nSPS) is 21.8. The lowest BCUT2D eigenvalue weighted by atomic mass is 9.74. The quantitative estimate of drug-likeness (QED) is 0.768. The number of anilines is 1. The van der Waals surface area contributed by atoms with Crippen LogP contribution in [-0.2, 0) is 6.42 Å². The lowest BCUT2D eigenvalue weighted by molar-refractivity contribution is 0.288. The van der Waals surface area contributed by atoms with Crippen molar-refractivity contribution in [2.45, 2.75) is 39.5 Å². The predicted molar refractivity (Wildman–Crippen MR) is 77.9 cm³/mol. The molecule has 1 aliphatic carbocycles. The summed E-state index contributed by atoms with van der Waals surface area (Å²) >= 11 is 6.83. The van der Waals surface area contributed by atoms with Crippen molar-refractivity contribution in [2.24, 2.45) is 5.41 Å². The molecule has 1 heterocycles. The van der Waals surface area contributed by atoms with Gasteiger partial charge >= 0.3 is 0 Å². The molecule has 0 saturated carbocycles. The zero-order chi connectivity index (χ0) is 12.6. The van der Waals surface area contributed by atoms with E-state index in [0.29, 0.717) is 16.4 Å². The van der Waals surface area contributed by atoms with E-state index in [0.717, 1.165) is 11.6 Å². The number of thiazole rings is 1. The van der Waals surface area contributed by atoms with E-state index in [2.05, 4.69) is 36.4 Å². The molecule has 2 rings (SSSR count). The number of nitrogens with one attached hydrogen (secondary N) is 2. The summed E-state index contributed by atoms with van der Waals surface area (Å²) in [5, 5.41) is 7.58. The standard InChI is InChI=1S/C12H19N3S2/c1-7-5-12(2,3)6-8-9(7)17-11(14-8)15-10(16)13-4/h7H,5-6H2,1-4H3,(H2,13,14,15,16). The fourth-order valence-electron chi connectivity index (χ4n) is 2.54. The van der Waals surface area contributed by atoms with Crippen molar-refractivity contribution >= 4 is 33.8 Å². The summed E-state index contributed by atoms with van der Waals surface area (Å²) in [5.41, 5.74) is 1.61. The summed E-state index contributed by atoms with van der Waals surface area (Å²) in [6, 6.07) is 0. The molecule has 0 bridgehead atoms. The van der Waals surface area contributed by atoms with E-state index in [4.69, 9.17) is 12.2 Å². The Hall–Kier alpha value is -0.680. The van der Waals surface area contributed by atoms with Crippen molar-refractivity contribution in [1.82, 2.24) is 10.3 Å². The van der Waals surface area contributed by atoms with E-state index in [1.165, 1.54) is 17.0 Å². The number of hydrogen-bond donors (Lipinski definition) is 2. The van der Waals surface area contributed by atoms with E-state index in [1.54, 1.807) is 11.3 Å². The molecule has 1 aromatic heterocycles. The molecule has 0 aliphatic heterocycles. The Labute approximate surface area is 112 Å². The van der Waals surface area contributed by atoms with Crippen LogP contribution in [0, 0.1) is 5.41 Å². The molecule has 5 heteroatoms. The lowest BCUT2D eigenvalue weighted by Crippen LogP contribution is -2.24. The third kappa shape index (κ3) is 2.77. The van der Waals surface area contributed by atoms with E-state index in [-0.39, 0.29) is 0 Å². The van der Waals surface area contributed by atoms with Crippen LogP contribution in [0.3, 0.4) is 0 Å². The third-order valence-corrected chi connectivity index (χ3v) is 4.68. The van der Waals surface area contributed by atoms with Gasteiger partial charge in [-0.3, -0.25) is 0 Å². The van der Waals surface area contributed by atoms with Gasteiger partial charge in [0.2, 0.25) is 0 Å². The number of rotatable bonds is 1. The van der Waals surface area contributed by atoms with Gasteiger partial charge in [-0.25, -0.2) is 4.98 Å². The van der Waals surface area contributed by atoms with Crippen LogP contribution in [0.15, 0.2) is 0 Å². The largest absolute Gasteiger partial charge is 0.365 e. The minimum atomic E-state index is 0.362. The van der Waals surface area contributed by atoms with Crippen LogP contribution in [0.2, 0.25) is 0 Å². The van der Waals surface area contributed by atoms with Gasteiger partial charge in [0.05, 0.1) is 5.69 Å². The minimum Gasteiger partial charge on any atom is -0.365 e. The lowest BCUT2D eigenvalue weighted by Gasteiger charge is -2.32. The molecule has 0 saturated heterocycles. The van der Waals surface area contributed by atoms with Crippen LogP contribution in [0.5, 0.6) is 0 Å². The Balaban J connectivity index is 2.24. The summed E-state index contributed by atoms with van der Waals surface area (Å²) in [6.07, 6.45) is 2.30. The van der Waals surface area contributed by atoms with Crippen LogP contribution in [0.25, 0.3) is 0 Å². The number of nitrogens with zero attached hydrogens (tertiary/aromatic N) is 1. The fourth-order valence-corrected chi connectivity index (χ4v) is 3.73. The maximum Gasteiger partial charge on any atom is 0.189 e.